The molecule has 0 spiro atoms. The number of fused-ring (bicyclic) bond motifs is 3. The van der Waals surface area contributed by atoms with Crippen LogP contribution >= 0.6 is 11.3 Å². The molecule has 0 saturated heterocycles. The molecule has 9 heteroatoms. The zero-order valence-corrected chi connectivity index (χ0v) is 16.1. The third kappa shape index (κ3) is 2.84. The minimum absolute atomic E-state index is 0.147. The van der Waals surface area contributed by atoms with Crippen molar-refractivity contribution in [3.8, 4) is 5.75 Å². The van der Waals surface area contributed by atoms with Gasteiger partial charge in [-0.3, -0.25) is 9.52 Å². The number of methoxy groups -OCH3 is 1. The van der Waals surface area contributed by atoms with Gasteiger partial charge in [0.1, 0.15) is 5.75 Å². The van der Waals surface area contributed by atoms with Gasteiger partial charge in [0, 0.05) is 0 Å². The molecular formula is C18H15N3O4S2. The summed E-state index contributed by atoms with van der Waals surface area (Å²) in [7, 11) is -2.72. The van der Waals surface area contributed by atoms with Crippen LogP contribution in [0.4, 0.5) is 5.69 Å². The number of nitrogens with one attached hydrogen (secondary N) is 1. The summed E-state index contributed by atoms with van der Waals surface area (Å²) in [6.07, 6.45) is 0. The number of aromatic nitrogens is 2. The van der Waals surface area contributed by atoms with Crippen molar-refractivity contribution in [3.05, 3.63) is 64.6 Å². The smallest absolute Gasteiger partial charge is 0.280 e. The van der Waals surface area contributed by atoms with E-state index in [1.807, 2.05) is 12.1 Å². The number of aryl methyl sites for hydroxylation is 1. The van der Waals surface area contributed by atoms with Gasteiger partial charge in [-0.1, -0.05) is 35.6 Å². The van der Waals surface area contributed by atoms with E-state index in [1.165, 1.54) is 29.8 Å². The molecular weight excluding hydrogens is 386 g/mol. The molecule has 0 radical (unpaired) electrons. The number of rotatable bonds is 4. The Balaban J connectivity index is 1.95. The van der Waals surface area contributed by atoms with Crippen LogP contribution in [-0.4, -0.2) is 24.9 Å². The van der Waals surface area contributed by atoms with E-state index in [0.29, 0.717) is 16.2 Å². The fourth-order valence-corrected chi connectivity index (χ4v) is 5.31. The maximum atomic E-state index is 13.1. The normalized spacial score (nSPS) is 11.8. The molecule has 0 aliphatic heterocycles. The molecule has 0 aliphatic rings. The van der Waals surface area contributed by atoms with E-state index >= 15 is 0 Å². The Morgan fingerprint density at radius 2 is 1.81 bits per heavy atom. The highest BCUT2D eigenvalue weighted by Gasteiger charge is 2.26. The molecule has 0 unspecified atom stereocenters. The van der Waals surface area contributed by atoms with Crippen LogP contribution in [0.25, 0.3) is 15.2 Å². The Morgan fingerprint density at radius 3 is 2.59 bits per heavy atom. The summed E-state index contributed by atoms with van der Waals surface area (Å²) < 4.78 is 35.8. The molecule has 7 nitrogen and oxygen atoms in total. The fraction of sp³-hybridized carbons (Fsp3) is 0.111. The Bertz CT molecular complexity index is 1340. The number of nitrogens with zero attached hydrogens (tertiary/aromatic N) is 2. The van der Waals surface area contributed by atoms with Gasteiger partial charge in [-0.05, 0) is 31.2 Å². The second-order valence-corrected chi connectivity index (χ2v) is 8.45. The van der Waals surface area contributed by atoms with Gasteiger partial charge in [-0.25, -0.2) is 17.8 Å². The van der Waals surface area contributed by atoms with Crippen molar-refractivity contribution in [3.63, 3.8) is 0 Å². The summed E-state index contributed by atoms with van der Waals surface area (Å²) in [4.78, 5) is 17.5. The van der Waals surface area contributed by atoms with E-state index in [1.54, 1.807) is 36.4 Å². The first-order valence-corrected chi connectivity index (χ1v) is 10.3. The maximum absolute atomic E-state index is 13.1. The van der Waals surface area contributed by atoms with Crippen molar-refractivity contribution in [1.29, 1.82) is 0 Å². The average molecular weight is 401 g/mol. The Labute approximate surface area is 158 Å². The highest BCUT2D eigenvalue weighted by molar-refractivity contribution is 7.92. The predicted molar refractivity (Wildman–Crippen MR) is 105 cm³/mol. The third-order valence-electron chi connectivity index (χ3n) is 4.11. The molecule has 0 amide bonds. The molecule has 0 aliphatic carbocycles. The quantitative estimate of drug-likeness (QED) is 0.568. The van der Waals surface area contributed by atoms with Gasteiger partial charge in [0.25, 0.3) is 15.6 Å². The van der Waals surface area contributed by atoms with Crippen LogP contribution in [0, 0.1) is 6.92 Å². The molecule has 4 aromatic rings. The number of sulfonamides is 1. The molecule has 2 aromatic carbocycles. The standard InChI is InChI=1S/C18H15N3O4S2/c1-11-16(27(23,24)20-12-7-3-5-9-14(12)25-2)17(22)21-13-8-4-6-10-15(13)26-18(21)19-11/h3-10,20H,1-2H3. The molecule has 0 bridgehead atoms. The van der Waals surface area contributed by atoms with Crippen molar-refractivity contribution in [2.75, 3.05) is 11.8 Å². The molecule has 0 atom stereocenters. The minimum atomic E-state index is -4.17. The predicted octanol–water partition coefficient (Wildman–Crippen LogP) is 3.03. The topological polar surface area (TPSA) is 89.8 Å². The number of hydrogen-bond donors (Lipinski definition) is 1. The summed E-state index contributed by atoms with van der Waals surface area (Å²) in [6, 6.07) is 13.9. The zero-order chi connectivity index (χ0) is 19.2. The van der Waals surface area contributed by atoms with Crippen molar-refractivity contribution in [2.45, 2.75) is 11.8 Å². The van der Waals surface area contributed by atoms with E-state index in [2.05, 4.69) is 9.71 Å². The SMILES string of the molecule is COc1ccccc1NS(=O)(=O)c1c(C)nc2sc3ccccc3n2c1=O. The molecule has 2 heterocycles. The van der Waals surface area contributed by atoms with Crippen LogP contribution in [0.1, 0.15) is 5.69 Å². The van der Waals surface area contributed by atoms with Crippen LogP contribution in [0.2, 0.25) is 0 Å². The van der Waals surface area contributed by atoms with E-state index in [0.717, 1.165) is 4.70 Å². The highest BCUT2D eigenvalue weighted by atomic mass is 32.2. The second kappa shape index (κ2) is 6.36. The van der Waals surface area contributed by atoms with Gasteiger partial charge in [0.2, 0.25) is 0 Å². The largest absolute Gasteiger partial charge is 0.495 e. The summed E-state index contributed by atoms with van der Waals surface area (Å²) in [5.74, 6) is 0.355. The number of anilines is 1. The Kier molecular flexibility index (Phi) is 4.12. The number of ether oxygens (including phenoxy) is 1. The van der Waals surface area contributed by atoms with E-state index in [-0.39, 0.29) is 16.3 Å². The summed E-state index contributed by atoms with van der Waals surface area (Å²) in [5.41, 5.74) is 0.397. The minimum Gasteiger partial charge on any atom is -0.495 e. The summed E-state index contributed by atoms with van der Waals surface area (Å²) in [5, 5.41) is 0. The first-order chi connectivity index (χ1) is 12.9. The lowest BCUT2D eigenvalue weighted by molar-refractivity contribution is 0.417. The molecule has 4 rings (SSSR count). The van der Waals surface area contributed by atoms with Crippen LogP contribution < -0.4 is 15.0 Å². The fourth-order valence-electron chi connectivity index (χ4n) is 2.93. The van der Waals surface area contributed by atoms with Crippen LogP contribution in [0.3, 0.4) is 0 Å². The lowest BCUT2D eigenvalue weighted by Gasteiger charge is -2.12. The molecule has 1 N–H and O–H groups in total. The van der Waals surface area contributed by atoms with Gasteiger partial charge in [-0.15, -0.1) is 0 Å². The molecule has 138 valence electrons. The zero-order valence-electron chi connectivity index (χ0n) is 14.5. The molecule has 27 heavy (non-hydrogen) atoms. The lowest BCUT2D eigenvalue weighted by atomic mass is 10.3. The van der Waals surface area contributed by atoms with Gasteiger partial charge in [0.05, 0.1) is 28.7 Å². The van der Waals surface area contributed by atoms with Crippen molar-refractivity contribution in [1.82, 2.24) is 9.38 Å². The Morgan fingerprint density at radius 1 is 1.11 bits per heavy atom. The van der Waals surface area contributed by atoms with Gasteiger partial charge in [0.15, 0.2) is 9.86 Å². The number of para-hydroxylation sites is 3. The Hall–Kier alpha value is -2.91. The highest BCUT2D eigenvalue weighted by Crippen LogP contribution is 2.28. The first kappa shape index (κ1) is 17.5. The van der Waals surface area contributed by atoms with Crippen LogP contribution in [0.5, 0.6) is 5.75 Å². The molecule has 2 aromatic heterocycles. The van der Waals surface area contributed by atoms with Crippen molar-refractivity contribution < 1.29 is 13.2 Å². The van der Waals surface area contributed by atoms with E-state index in [4.69, 9.17) is 4.74 Å². The van der Waals surface area contributed by atoms with Crippen molar-refractivity contribution >= 4 is 42.2 Å². The van der Waals surface area contributed by atoms with Gasteiger partial charge in [-0.2, -0.15) is 0 Å². The molecule has 0 saturated carbocycles. The monoisotopic (exact) mass is 401 g/mol. The number of thiazole rings is 1. The number of benzene rings is 2. The van der Waals surface area contributed by atoms with E-state index < -0.39 is 15.6 Å². The van der Waals surface area contributed by atoms with Gasteiger partial charge < -0.3 is 4.74 Å². The maximum Gasteiger partial charge on any atom is 0.280 e. The number of hydrogen-bond acceptors (Lipinski definition) is 6. The van der Waals surface area contributed by atoms with Gasteiger partial charge >= 0.3 is 0 Å². The molecule has 0 fully saturated rings. The van der Waals surface area contributed by atoms with Crippen LogP contribution in [0.15, 0.2) is 58.2 Å². The van der Waals surface area contributed by atoms with Crippen molar-refractivity contribution in [2.24, 2.45) is 0 Å². The van der Waals surface area contributed by atoms with Crippen LogP contribution in [-0.2, 0) is 10.0 Å². The summed E-state index contributed by atoms with van der Waals surface area (Å²) in [6.45, 7) is 1.52. The average Bonchev–Trinajstić information content (AvgIpc) is 2.99. The summed E-state index contributed by atoms with van der Waals surface area (Å²) >= 11 is 1.34. The second-order valence-electron chi connectivity index (χ2n) is 5.83. The lowest BCUT2D eigenvalue weighted by Crippen LogP contribution is -2.27. The third-order valence-corrected chi connectivity index (χ3v) is 6.63. The van der Waals surface area contributed by atoms with E-state index in [9.17, 15) is 13.2 Å². The first-order valence-electron chi connectivity index (χ1n) is 7.99.